The molecule has 1 amide bonds. The van der Waals surface area contributed by atoms with Crippen molar-refractivity contribution in [1.29, 1.82) is 0 Å². The molecule has 1 aromatic carbocycles. The first-order valence-electron chi connectivity index (χ1n) is 6.29. The van der Waals surface area contributed by atoms with E-state index in [0.29, 0.717) is 5.92 Å². The second-order valence-electron chi connectivity index (χ2n) is 5.42. The first-order valence-corrected chi connectivity index (χ1v) is 6.29. The highest BCUT2D eigenvalue weighted by atomic mass is 16.2. The molecule has 1 atom stereocenters. The third kappa shape index (κ3) is 2.48. The summed E-state index contributed by atoms with van der Waals surface area (Å²) in [5, 5.41) is 2.95. The summed E-state index contributed by atoms with van der Waals surface area (Å²) >= 11 is 0. The Morgan fingerprint density at radius 1 is 1.39 bits per heavy atom. The highest BCUT2D eigenvalue weighted by molar-refractivity contribution is 6.00. The van der Waals surface area contributed by atoms with Crippen LogP contribution >= 0.6 is 0 Å². The fourth-order valence-electron chi connectivity index (χ4n) is 2.09. The number of hydrogen-bond donors (Lipinski definition) is 2. The van der Waals surface area contributed by atoms with Crippen LogP contribution in [0.2, 0.25) is 0 Å². The maximum Gasteiger partial charge on any atom is 0.244 e. The van der Waals surface area contributed by atoms with Crippen molar-refractivity contribution < 1.29 is 4.79 Å². The lowest BCUT2D eigenvalue weighted by Crippen LogP contribution is -2.50. The second kappa shape index (κ2) is 4.61. The Balaban J connectivity index is 2.16. The number of benzene rings is 1. The van der Waals surface area contributed by atoms with E-state index >= 15 is 0 Å². The van der Waals surface area contributed by atoms with Gasteiger partial charge in [-0.05, 0) is 37.8 Å². The second-order valence-corrected chi connectivity index (χ2v) is 5.42. The summed E-state index contributed by atoms with van der Waals surface area (Å²) in [6.07, 6.45) is 2.10. The summed E-state index contributed by atoms with van der Waals surface area (Å²) in [6, 6.07) is 7.73. The quantitative estimate of drug-likeness (QED) is 0.853. The molecule has 4 nitrogen and oxygen atoms in total. The highest BCUT2D eigenvalue weighted by Gasteiger charge is 2.44. The van der Waals surface area contributed by atoms with Gasteiger partial charge in [-0.15, -0.1) is 0 Å². The normalized spacial score (nSPS) is 18.0. The molecule has 1 aliphatic rings. The maximum absolute atomic E-state index is 12.2. The van der Waals surface area contributed by atoms with Gasteiger partial charge in [0.25, 0.3) is 0 Å². The average Bonchev–Trinajstić information content (AvgIpc) is 3.13. The van der Waals surface area contributed by atoms with Crippen molar-refractivity contribution in [3.63, 3.8) is 0 Å². The van der Waals surface area contributed by atoms with Gasteiger partial charge in [0.15, 0.2) is 0 Å². The molecule has 1 saturated carbocycles. The molecule has 0 radical (unpaired) electrons. The summed E-state index contributed by atoms with van der Waals surface area (Å²) in [7, 11) is 3.90. The van der Waals surface area contributed by atoms with Crippen LogP contribution in [0.15, 0.2) is 24.3 Å². The Labute approximate surface area is 108 Å². The number of nitrogens with zero attached hydrogens (tertiary/aromatic N) is 1. The van der Waals surface area contributed by atoms with Crippen molar-refractivity contribution >= 4 is 17.3 Å². The summed E-state index contributed by atoms with van der Waals surface area (Å²) in [4.78, 5) is 14.2. The van der Waals surface area contributed by atoms with Gasteiger partial charge in [-0.25, -0.2) is 0 Å². The number of para-hydroxylation sites is 2. The fourth-order valence-corrected chi connectivity index (χ4v) is 2.09. The molecule has 1 unspecified atom stereocenters. The van der Waals surface area contributed by atoms with Crippen LogP contribution < -0.4 is 16.0 Å². The van der Waals surface area contributed by atoms with E-state index in [2.05, 4.69) is 5.32 Å². The Morgan fingerprint density at radius 3 is 2.56 bits per heavy atom. The van der Waals surface area contributed by atoms with Gasteiger partial charge in [0, 0.05) is 14.1 Å². The maximum atomic E-state index is 12.2. The van der Waals surface area contributed by atoms with Gasteiger partial charge in [-0.3, -0.25) is 4.79 Å². The molecule has 0 aliphatic heterocycles. The van der Waals surface area contributed by atoms with Crippen LogP contribution in [0.3, 0.4) is 0 Å². The monoisotopic (exact) mass is 247 g/mol. The number of nitrogens with two attached hydrogens (primary N) is 1. The summed E-state index contributed by atoms with van der Waals surface area (Å²) in [6.45, 7) is 1.82. The molecule has 0 spiro atoms. The molecule has 1 aliphatic carbocycles. The molecule has 1 aromatic rings. The molecule has 1 fully saturated rings. The number of hydrogen-bond acceptors (Lipinski definition) is 3. The molecule has 0 saturated heterocycles. The van der Waals surface area contributed by atoms with E-state index in [1.807, 2.05) is 50.2 Å². The number of rotatable bonds is 4. The van der Waals surface area contributed by atoms with Crippen LogP contribution in [0.5, 0.6) is 0 Å². The average molecular weight is 247 g/mol. The standard InChI is InChI=1S/C14H21N3O/c1-14(15,10-8-9-10)13(18)16-11-6-4-5-7-12(11)17(2)3/h4-7,10H,8-9,15H2,1-3H3,(H,16,18). The molecule has 0 aromatic heterocycles. The lowest BCUT2D eigenvalue weighted by atomic mass is 9.96. The van der Waals surface area contributed by atoms with E-state index in [1.165, 1.54) is 0 Å². The van der Waals surface area contributed by atoms with E-state index in [-0.39, 0.29) is 5.91 Å². The molecular formula is C14H21N3O. The Hall–Kier alpha value is -1.55. The molecule has 0 heterocycles. The molecular weight excluding hydrogens is 226 g/mol. The molecule has 18 heavy (non-hydrogen) atoms. The van der Waals surface area contributed by atoms with Crippen molar-refractivity contribution in [2.24, 2.45) is 11.7 Å². The molecule has 3 N–H and O–H groups in total. The van der Waals surface area contributed by atoms with E-state index in [0.717, 1.165) is 24.2 Å². The number of nitrogens with one attached hydrogen (secondary N) is 1. The van der Waals surface area contributed by atoms with Crippen molar-refractivity contribution in [2.75, 3.05) is 24.3 Å². The zero-order chi connectivity index (χ0) is 13.3. The minimum absolute atomic E-state index is 0.0979. The van der Waals surface area contributed by atoms with Crippen LogP contribution in [-0.4, -0.2) is 25.5 Å². The fraction of sp³-hybridized carbons (Fsp3) is 0.500. The number of amides is 1. The first kappa shape index (κ1) is 12.9. The minimum atomic E-state index is -0.764. The van der Waals surface area contributed by atoms with E-state index in [9.17, 15) is 4.79 Å². The van der Waals surface area contributed by atoms with Gasteiger partial charge in [0.2, 0.25) is 5.91 Å². The van der Waals surface area contributed by atoms with Gasteiger partial charge < -0.3 is 16.0 Å². The molecule has 2 rings (SSSR count). The summed E-state index contributed by atoms with van der Waals surface area (Å²) in [5.74, 6) is 0.225. The molecule has 0 bridgehead atoms. The lowest BCUT2D eigenvalue weighted by molar-refractivity contribution is -0.121. The van der Waals surface area contributed by atoms with Gasteiger partial charge in [-0.2, -0.15) is 0 Å². The summed E-state index contributed by atoms with van der Waals surface area (Å²) < 4.78 is 0. The third-order valence-corrected chi connectivity index (χ3v) is 3.55. The van der Waals surface area contributed by atoms with Gasteiger partial charge in [0.05, 0.1) is 16.9 Å². The van der Waals surface area contributed by atoms with Crippen LogP contribution in [0, 0.1) is 5.92 Å². The van der Waals surface area contributed by atoms with Gasteiger partial charge in [0.1, 0.15) is 0 Å². The van der Waals surface area contributed by atoms with E-state index in [4.69, 9.17) is 5.73 Å². The van der Waals surface area contributed by atoms with E-state index in [1.54, 1.807) is 0 Å². The molecule has 4 heteroatoms. The van der Waals surface area contributed by atoms with Crippen LogP contribution in [0.4, 0.5) is 11.4 Å². The Bertz CT molecular complexity index is 450. The van der Waals surface area contributed by atoms with Crippen molar-refractivity contribution in [1.82, 2.24) is 0 Å². The van der Waals surface area contributed by atoms with Crippen LogP contribution in [-0.2, 0) is 4.79 Å². The number of carbonyl (C=O) groups is 1. The first-order chi connectivity index (χ1) is 8.43. The van der Waals surface area contributed by atoms with Crippen LogP contribution in [0.25, 0.3) is 0 Å². The summed E-state index contributed by atoms with van der Waals surface area (Å²) in [5.41, 5.74) is 7.14. The van der Waals surface area contributed by atoms with Gasteiger partial charge >= 0.3 is 0 Å². The Morgan fingerprint density at radius 2 is 2.00 bits per heavy atom. The largest absolute Gasteiger partial charge is 0.376 e. The van der Waals surface area contributed by atoms with Gasteiger partial charge in [-0.1, -0.05) is 12.1 Å². The van der Waals surface area contributed by atoms with Crippen molar-refractivity contribution in [3.05, 3.63) is 24.3 Å². The predicted octanol–water partition coefficient (Wildman–Crippen LogP) is 1.82. The SMILES string of the molecule is CN(C)c1ccccc1NC(=O)C(C)(N)C1CC1. The van der Waals surface area contributed by atoms with Crippen molar-refractivity contribution in [2.45, 2.75) is 25.3 Å². The number of anilines is 2. The minimum Gasteiger partial charge on any atom is -0.376 e. The molecule has 98 valence electrons. The van der Waals surface area contributed by atoms with Crippen LogP contribution in [0.1, 0.15) is 19.8 Å². The lowest BCUT2D eigenvalue weighted by Gasteiger charge is -2.25. The third-order valence-electron chi connectivity index (χ3n) is 3.55. The van der Waals surface area contributed by atoms with E-state index < -0.39 is 5.54 Å². The smallest absolute Gasteiger partial charge is 0.244 e. The topological polar surface area (TPSA) is 58.4 Å². The predicted molar refractivity (Wildman–Crippen MR) is 74.7 cm³/mol. The zero-order valence-corrected chi connectivity index (χ0v) is 11.2. The number of carbonyl (C=O) groups excluding carboxylic acids is 1. The zero-order valence-electron chi connectivity index (χ0n) is 11.2. The Kier molecular flexibility index (Phi) is 3.30. The van der Waals surface area contributed by atoms with Crippen molar-refractivity contribution in [3.8, 4) is 0 Å². The highest BCUT2D eigenvalue weighted by Crippen LogP contribution is 2.39.